The summed E-state index contributed by atoms with van der Waals surface area (Å²) in [5, 5.41) is 2.45. The normalized spacial score (nSPS) is 17.0. The molecule has 0 saturated carbocycles. The number of benzene rings is 1. The second-order valence-electron chi connectivity index (χ2n) is 7.08. The molecule has 2 aromatic rings. The summed E-state index contributed by atoms with van der Waals surface area (Å²) in [5.74, 6) is -0.340. The number of hydrogen-bond acceptors (Lipinski definition) is 3. The van der Waals surface area contributed by atoms with E-state index in [2.05, 4.69) is 0 Å². The van der Waals surface area contributed by atoms with E-state index in [0.29, 0.717) is 23.1 Å². The van der Waals surface area contributed by atoms with Crippen LogP contribution in [0.2, 0.25) is 10.0 Å². The number of nitrogens with zero attached hydrogens (tertiary/aromatic N) is 2. The molecule has 0 fully saturated rings. The van der Waals surface area contributed by atoms with Gasteiger partial charge in [-0.3, -0.25) is 9.59 Å². The number of fused-ring (bicyclic) bond motifs is 1. The fourth-order valence-electron chi connectivity index (χ4n) is 3.69. The van der Waals surface area contributed by atoms with Gasteiger partial charge in [-0.1, -0.05) is 36.2 Å². The molecule has 0 N–H and O–H groups in total. The van der Waals surface area contributed by atoms with Crippen molar-refractivity contribution in [1.82, 2.24) is 9.80 Å². The zero-order valence-corrected chi connectivity index (χ0v) is 19.4. The maximum absolute atomic E-state index is 13.3. The minimum absolute atomic E-state index is 0.00487. The lowest BCUT2D eigenvalue weighted by Crippen LogP contribution is -2.48. The van der Waals surface area contributed by atoms with Gasteiger partial charge in [-0.25, -0.2) is 0 Å². The summed E-state index contributed by atoms with van der Waals surface area (Å²) < 4.78 is 0. The van der Waals surface area contributed by atoms with E-state index in [-0.39, 0.29) is 24.4 Å². The smallest absolute Gasteiger partial charge is 0.242 e. The van der Waals surface area contributed by atoms with Gasteiger partial charge in [-0.15, -0.1) is 22.9 Å². The number of carbonyl (C=O) groups is 2. The standard InChI is InChI=1S/C21H23Cl3N2O2S/c1-3-8-25(21(28)13(2)22)12-19(27)26-9-6-18-16(7-10-29-18)20(26)15-5-4-14(23)11-17(15)24/h4-5,7,10-11,13,20H,3,6,8-9,12H2,1-2H3. The van der Waals surface area contributed by atoms with Crippen molar-refractivity contribution in [1.29, 1.82) is 0 Å². The highest BCUT2D eigenvalue weighted by molar-refractivity contribution is 7.10. The van der Waals surface area contributed by atoms with Crippen LogP contribution in [0.25, 0.3) is 0 Å². The van der Waals surface area contributed by atoms with Gasteiger partial charge in [0.2, 0.25) is 11.8 Å². The zero-order valence-electron chi connectivity index (χ0n) is 16.3. The Morgan fingerprint density at radius 2 is 2.03 bits per heavy atom. The maximum atomic E-state index is 13.3. The zero-order chi connectivity index (χ0) is 21.1. The molecular weight excluding hydrogens is 451 g/mol. The van der Waals surface area contributed by atoms with Gasteiger partial charge in [0.1, 0.15) is 5.38 Å². The van der Waals surface area contributed by atoms with Crippen molar-refractivity contribution in [3.05, 3.63) is 55.7 Å². The molecule has 1 aromatic carbocycles. The van der Waals surface area contributed by atoms with Crippen LogP contribution >= 0.6 is 46.1 Å². The van der Waals surface area contributed by atoms with Crippen LogP contribution in [0.15, 0.2) is 29.6 Å². The Morgan fingerprint density at radius 1 is 1.28 bits per heavy atom. The summed E-state index contributed by atoms with van der Waals surface area (Å²) in [5.41, 5.74) is 1.92. The Hall–Kier alpha value is -1.27. The Kier molecular flexibility index (Phi) is 7.49. The minimum atomic E-state index is -0.666. The van der Waals surface area contributed by atoms with Gasteiger partial charge < -0.3 is 9.80 Å². The van der Waals surface area contributed by atoms with E-state index in [4.69, 9.17) is 34.8 Å². The van der Waals surface area contributed by atoms with Crippen LogP contribution in [0.5, 0.6) is 0 Å². The van der Waals surface area contributed by atoms with Gasteiger partial charge >= 0.3 is 0 Å². The van der Waals surface area contributed by atoms with Crippen molar-refractivity contribution in [2.45, 2.75) is 38.1 Å². The van der Waals surface area contributed by atoms with Gasteiger partial charge in [0, 0.05) is 28.0 Å². The summed E-state index contributed by atoms with van der Waals surface area (Å²) in [7, 11) is 0. The maximum Gasteiger partial charge on any atom is 0.242 e. The number of amides is 2. The van der Waals surface area contributed by atoms with E-state index in [9.17, 15) is 9.59 Å². The van der Waals surface area contributed by atoms with E-state index in [0.717, 1.165) is 24.0 Å². The monoisotopic (exact) mass is 472 g/mol. The molecule has 1 aliphatic heterocycles. The van der Waals surface area contributed by atoms with Crippen molar-refractivity contribution < 1.29 is 9.59 Å². The van der Waals surface area contributed by atoms with Crippen LogP contribution in [0, 0.1) is 0 Å². The molecule has 2 unspecified atom stereocenters. The molecule has 2 amide bonds. The van der Waals surface area contributed by atoms with Gasteiger partial charge in [0.25, 0.3) is 0 Å². The predicted molar refractivity (Wildman–Crippen MR) is 120 cm³/mol. The average molecular weight is 474 g/mol. The van der Waals surface area contributed by atoms with Gasteiger partial charge in [-0.05, 0) is 54.5 Å². The number of thiophene rings is 1. The molecule has 4 nitrogen and oxygen atoms in total. The van der Waals surface area contributed by atoms with Crippen LogP contribution in [-0.2, 0) is 16.0 Å². The third kappa shape index (κ3) is 4.91. The first kappa shape index (κ1) is 22.4. The van der Waals surface area contributed by atoms with Crippen LogP contribution in [-0.4, -0.2) is 46.6 Å². The van der Waals surface area contributed by atoms with Gasteiger partial charge in [-0.2, -0.15) is 0 Å². The van der Waals surface area contributed by atoms with E-state index in [1.807, 2.05) is 29.3 Å². The number of halogens is 3. The van der Waals surface area contributed by atoms with Crippen LogP contribution in [0.3, 0.4) is 0 Å². The number of carbonyl (C=O) groups excluding carboxylic acids is 2. The Labute approximate surface area is 190 Å². The second kappa shape index (κ2) is 9.69. The lowest BCUT2D eigenvalue weighted by molar-refractivity contribution is -0.141. The summed E-state index contributed by atoms with van der Waals surface area (Å²) in [6.45, 7) is 4.67. The molecule has 0 radical (unpaired) electrons. The molecule has 8 heteroatoms. The topological polar surface area (TPSA) is 40.6 Å². The van der Waals surface area contributed by atoms with E-state index >= 15 is 0 Å². The van der Waals surface area contributed by atoms with Crippen molar-refractivity contribution in [3.63, 3.8) is 0 Å². The molecule has 0 bridgehead atoms. The van der Waals surface area contributed by atoms with E-state index in [1.165, 1.54) is 4.88 Å². The summed E-state index contributed by atoms with van der Waals surface area (Å²) in [6, 6.07) is 7.11. The Balaban J connectivity index is 1.94. The van der Waals surface area contributed by atoms with Crippen LogP contribution in [0.4, 0.5) is 0 Å². The van der Waals surface area contributed by atoms with Crippen molar-refractivity contribution >= 4 is 58.0 Å². The summed E-state index contributed by atoms with van der Waals surface area (Å²) in [6.07, 6.45) is 1.54. The first-order valence-corrected chi connectivity index (χ1v) is 11.6. The Bertz CT molecular complexity index is 900. The molecule has 2 heterocycles. The second-order valence-corrected chi connectivity index (χ2v) is 9.58. The highest BCUT2D eigenvalue weighted by Gasteiger charge is 2.35. The molecule has 1 aromatic heterocycles. The molecule has 0 aliphatic carbocycles. The van der Waals surface area contributed by atoms with E-state index < -0.39 is 5.38 Å². The lowest BCUT2D eigenvalue weighted by Gasteiger charge is -2.38. The SMILES string of the molecule is CCCN(CC(=O)N1CCc2sccc2C1c1ccc(Cl)cc1Cl)C(=O)C(C)Cl. The third-order valence-electron chi connectivity index (χ3n) is 5.01. The van der Waals surface area contributed by atoms with Gasteiger partial charge in [0.05, 0.1) is 12.6 Å². The van der Waals surface area contributed by atoms with Crippen molar-refractivity contribution in [2.24, 2.45) is 0 Å². The number of hydrogen-bond donors (Lipinski definition) is 0. The van der Waals surface area contributed by atoms with Crippen LogP contribution < -0.4 is 0 Å². The first-order chi connectivity index (χ1) is 13.8. The van der Waals surface area contributed by atoms with Gasteiger partial charge in [0.15, 0.2) is 0 Å². The molecule has 1 aliphatic rings. The molecule has 0 spiro atoms. The average Bonchev–Trinajstić information content (AvgIpc) is 3.15. The molecule has 156 valence electrons. The lowest BCUT2D eigenvalue weighted by atomic mass is 9.93. The molecule has 3 rings (SSSR count). The number of rotatable bonds is 6. The highest BCUT2D eigenvalue weighted by Crippen LogP contribution is 2.41. The highest BCUT2D eigenvalue weighted by atomic mass is 35.5. The number of alkyl halides is 1. The van der Waals surface area contributed by atoms with Crippen molar-refractivity contribution in [3.8, 4) is 0 Å². The largest absolute Gasteiger partial charge is 0.332 e. The molecule has 29 heavy (non-hydrogen) atoms. The van der Waals surface area contributed by atoms with Crippen molar-refractivity contribution in [2.75, 3.05) is 19.6 Å². The first-order valence-electron chi connectivity index (χ1n) is 9.57. The molecule has 0 saturated heterocycles. The quantitative estimate of drug-likeness (QED) is 0.527. The minimum Gasteiger partial charge on any atom is -0.332 e. The Morgan fingerprint density at radius 3 is 2.69 bits per heavy atom. The molecule has 2 atom stereocenters. The van der Waals surface area contributed by atoms with Crippen LogP contribution in [0.1, 0.15) is 42.3 Å². The third-order valence-corrected chi connectivity index (χ3v) is 6.76. The summed E-state index contributed by atoms with van der Waals surface area (Å²) >= 11 is 20.3. The molecular formula is C21H23Cl3N2O2S. The van der Waals surface area contributed by atoms with E-state index in [1.54, 1.807) is 35.3 Å². The predicted octanol–water partition coefficient (Wildman–Crippen LogP) is 5.39. The fraction of sp³-hybridized carbons (Fsp3) is 0.429. The fourth-order valence-corrected chi connectivity index (χ4v) is 5.24. The summed E-state index contributed by atoms with van der Waals surface area (Å²) in [4.78, 5) is 30.4.